The van der Waals surface area contributed by atoms with Crippen molar-refractivity contribution in [3.8, 4) is 0 Å². The third kappa shape index (κ3) is 2.16. The first-order valence-electron chi connectivity index (χ1n) is 6.86. The Labute approximate surface area is 113 Å². The van der Waals surface area contributed by atoms with E-state index in [0.29, 0.717) is 6.42 Å². The predicted octanol–water partition coefficient (Wildman–Crippen LogP) is 1.93. The zero-order chi connectivity index (χ0) is 13.3. The largest absolute Gasteiger partial charge is 0.392 e. The van der Waals surface area contributed by atoms with Gasteiger partial charge in [0.05, 0.1) is 6.10 Å². The summed E-state index contributed by atoms with van der Waals surface area (Å²) in [7, 11) is 0. The molecule has 1 unspecified atom stereocenters. The average Bonchev–Trinajstić information content (AvgIpc) is 3.15. The lowest BCUT2D eigenvalue weighted by Crippen LogP contribution is -2.29. The number of nitrogens with zero attached hydrogens (tertiary/aromatic N) is 3. The van der Waals surface area contributed by atoms with Crippen LogP contribution in [-0.2, 0) is 18.4 Å². The molecular formula is C15H19N3O. The van der Waals surface area contributed by atoms with Crippen LogP contribution in [0.15, 0.2) is 36.7 Å². The molecule has 4 heteroatoms. The van der Waals surface area contributed by atoms with Gasteiger partial charge >= 0.3 is 0 Å². The van der Waals surface area contributed by atoms with Crippen LogP contribution in [0.2, 0.25) is 0 Å². The summed E-state index contributed by atoms with van der Waals surface area (Å²) >= 11 is 0. The Balaban J connectivity index is 1.79. The molecule has 0 spiro atoms. The van der Waals surface area contributed by atoms with Crippen LogP contribution < -0.4 is 0 Å². The SMILES string of the molecule is CCn1ncnc1CC(O)C1(c2ccccc2)CC1. The molecule has 1 aliphatic rings. The summed E-state index contributed by atoms with van der Waals surface area (Å²) in [5, 5.41) is 14.8. The van der Waals surface area contributed by atoms with E-state index in [1.165, 1.54) is 5.56 Å². The summed E-state index contributed by atoms with van der Waals surface area (Å²) < 4.78 is 1.85. The lowest BCUT2D eigenvalue weighted by atomic mass is 9.88. The highest BCUT2D eigenvalue weighted by Gasteiger charge is 2.50. The maximum atomic E-state index is 10.6. The van der Waals surface area contributed by atoms with Crippen molar-refractivity contribution < 1.29 is 5.11 Å². The van der Waals surface area contributed by atoms with Crippen molar-refractivity contribution in [1.29, 1.82) is 0 Å². The number of aromatic nitrogens is 3. The molecule has 0 saturated heterocycles. The van der Waals surface area contributed by atoms with Crippen LogP contribution >= 0.6 is 0 Å². The van der Waals surface area contributed by atoms with Gasteiger partial charge in [0.15, 0.2) is 0 Å². The number of hydrogen-bond acceptors (Lipinski definition) is 3. The molecule has 0 aliphatic heterocycles. The standard InChI is InChI=1S/C15H19N3O/c1-2-18-14(16-11-17-18)10-13(19)15(8-9-15)12-6-4-3-5-7-12/h3-7,11,13,19H,2,8-10H2,1H3. The summed E-state index contributed by atoms with van der Waals surface area (Å²) in [6.45, 7) is 2.83. The molecule has 1 aromatic heterocycles. The first-order valence-corrected chi connectivity index (χ1v) is 6.86. The van der Waals surface area contributed by atoms with E-state index in [2.05, 4.69) is 22.2 Å². The molecule has 1 atom stereocenters. The van der Waals surface area contributed by atoms with Gasteiger partial charge in [0.2, 0.25) is 0 Å². The van der Waals surface area contributed by atoms with Crippen molar-refractivity contribution >= 4 is 0 Å². The molecule has 1 N–H and O–H groups in total. The molecule has 19 heavy (non-hydrogen) atoms. The van der Waals surface area contributed by atoms with E-state index in [4.69, 9.17) is 0 Å². The zero-order valence-corrected chi connectivity index (χ0v) is 11.2. The van der Waals surface area contributed by atoms with Crippen LogP contribution in [0.5, 0.6) is 0 Å². The zero-order valence-electron chi connectivity index (χ0n) is 11.2. The quantitative estimate of drug-likeness (QED) is 0.890. The predicted molar refractivity (Wildman–Crippen MR) is 72.8 cm³/mol. The van der Waals surface area contributed by atoms with Crippen LogP contribution in [-0.4, -0.2) is 26.0 Å². The Morgan fingerprint density at radius 3 is 2.68 bits per heavy atom. The molecule has 0 amide bonds. The van der Waals surface area contributed by atoms with Gasteiger partial charge in [-0.2, -0.15) is 5.10 Å². The van der Waals surface area contributed by atoms with Crippen LogP contribution in [0.4, 0.5) is 0 Å². The highest BCUT2D eigenvalue weighted by molar-refractivity contribution is 5.33. The van der Waals surface area contributed by atoms with E-state index < -0.39 is 0 Å². The van der Waals surface area contributed by atoms with E-state index in [-0.39, 0.29) is 11.5 Å². The van der Waals surface area contributed by atoms with Gasteiger partial charge in [0.25, 0.3) is 0 Å². The summed E-state index contributed by atoms with van der Waals surface area (Å²) in [5.74, 6) is 0.872. The van der Waals surface area contributed by atoms with Gasteiger partial charge in [-0.25, -0.2) is 4.98 Å². The first-order chi connectivity index (χ1) is 9.26. The van der Waals surface area contributed by atoms with Gasteiger partial charge < -0.3 is 5.11 Å². The second-order valence-corrected chi connectivity index (χ2v) is 5.23. The average molecular weight is 257 g/mol. The Morgan fingerprint density at radius 2 is 2.05 bits per heavy atom. The summed E-state index contributed by atoms with van der Waals surface area (Å²) in [5.41, 5.74) is 1.18. The molecule has 4 nitrogen and oxygen atoms in total. The summed E-state index contributed by atoms with van der Waals surface area (Å²) in [6.07, 6.45) is 3.86. The lowest BCUT2D eigenvalue weighted by Gasteiger charge is -2.22. The van der Waals surface area contributed by atoms with Gasteiger partial charge in [-0.3, -0.25) is 4.68 Å². The van der Waals surface area contributed by atoms with Gasteiger partial charge in [0.1, 0.15) is 12.2 Å². The Morgan fingerprint density at radius 1 is 1.32 bits per heavy atom. The lowest BCUT2D eigenvalue weighted by molar-refractivity contribution is 0.128. The fourth-order valence-electron chi connectivity index (χ4n) is 2.80. The van der Waals surface area contributed by atoms with Crippen molar-refractivity contribution in [2.75, 3.05) is 0 Å². The molecule has 100 valence electrons. The van der Waals surface area contributed by atoms with Gasteiger partial charge in [-0.05, 0) is 25.3 Å². The molecule has 1 aromatic carbocycles. The van der Waals surface area contributed by atoms with E-state index in [1.54, 1.807) is 6.33 Å². The van der Waals surface area contributed by atoms with E-state index in [0.717, 1.165) is 25.2 Å². The van der Waals surface area contributed by atoms with Crippen LogP contribution in [0.3, 0.4) is 0 Å². The minimum absolute atomic E-state index is 0.0637. The number of aliphatic hydroxyl groups is 1. The van der Waals surface area contributed by atoms with E-state index in [9.17, 15) is 5.11 Å². The summed E-state index contributed by atoms with van der Waals surface area (Å²) in [6, 6.07) is 10.3. The topological polar surface area (TPSA) is 50.9 Å². The number of benzene rings is 1. The smallest absolute Gasteiger partial charge is 0.138 e. The van der Waals surface area contributed by atoms with Crippen molar-refractivity contribution in [2.45, 2.75) is 44.2 Å². The van der Waals surface area contributed by atoms with Crippen molar-refractivity contribution in [3.63, 3.8) is 0 Å². The number of hydrogen-bond donors (Lipinski definition) is 1. The molecule has 3 rings (SSSR count). The van der Waals surface area contributed by atoms with Crippen molar-refractivity contribution in [3.05, 3.63) is 48.0 Å². The Kier molecular flexibility index (Phi) is 3.11. The monoisotopic (exact) mass is 257 g/mol. The second-order valence-electron chi connectivity index (χ2n) is 5.23. The third-order valence-corrected chi connectivity index (χ3v) is 4.15. The highest BCUT2D eigenvalue weighted by Crippen LogP contribution is 2.51. The molecule has 1 heterocycles. The van der Waals surface area contributed by atoms with Crippen LogP contribution in [0.25, 0.3) is 0 Å². The van der Waals surface area contributed by atoms with Crippen molar-refractivity contribution in [2.24, 2.45) is 0 Å². The highest BCUT2D eigenvalue weighted by atomic mass is 16.3. The minimum Gasteiger partial charge on any atom is -0.392 e. The third-order valence-electron chi connectivity index (χ3n) is 4.15. The fourth-order valence-corrected chi connectivity index (χ4v) is 2.80. The maximum absolute atomic E-state index is 10.6. The van der Waals surface area contributed by atoms with Gasteiger partial charge in [-0.15, -0.1) is 0 Å². The maximum Gasteiger partial charge on any atom is 0.138 e. The Hall–Kier alpha value is -1.68. The molecule has 1 aliphatic carbocycles. The molecular weight excluding hydrogens is 238 g/mol. The van der Waals surface area contributed by atoms with Crippen LogP contribution in [0.1, 0.15) is 31.2 Å². The van der Waals surface area contributed by atoms with Gasteiger partial charge in [-0.1, -0.05) is 30.3 Å². The van der Waals surface area contributed by atoms with Crippen molar-refractivity contribution in [1.82, 2.24) is 14.8 Å². The number of aryl methyl sites for hydroxylation is 1. The minimum atomic E-state index is -0.385. The molecule has 0 bridgehead atoms. The molecule has 2 aromatic rings. The summed E-state index contributed by atoms with van der Waals surface area (Å²) in [4.78, 5) is 4.25. The molecule has 1 fully saturated rings. The first kappa shape index (κ1) is 12.4. The second kappa shape index (κ2) is 4.78. The normalized spacial score (nSPS) is 18.2. The fraction of sp³-hybridized carbons (Fsp3) is 0.467. The van der Waals surface area contributed by atoms with E-state index in [1.807, 2.05) is 29.8 Å². The number of rotatable bonds is 5. The Bertz CT molecular complexity index is 546. The number of aliphatic hydroxyl groups excluding tert-OH is 1. The molecule has 0 radical (unpaired) electrons. The van der Waals surface area contributed by atoms with Crippen LogP contribution in [0, 0.1) is 0 Å². The molecule has 1 saturated carbocycles. The van der Waals surface area contributed by atoms with E-state index >= 15 is 0 Å². The van der Waals surface area contributed by atoms with Gasteiger partial charge in [0, 0.05) is 18.4 Å².